The number of carbonyl (C=O) groups excluding carboxylic acids is 1. The Morgan fingerprint density at radius 2 is 1.43 bits per heavy atom. The Labute approximate surface area is 246 Å². The van der Waals surface area contributed by atoms with Gasteiger partial charge in [-0.3, -0.25) is 9.59 Å². The highest BCUT2D eigenvalue weighted by Crippen LogP contribution is 2.47. The van der Waals surface area contributed by atoms with Gasteiger partial charge in [0.25, 0.3) is 5.56 Å². The summed E-state index contributed by atoms with van der Waals surface area (Å²) in [6.07, 6.45) is 1.04. The van der Waals surface area contributed by atoms with Crippen LogP contribution in [0.5, 0.6) is 11.5 Å². The van der Waals surface area contributed by atoms with Crippen molar-refractivity contribution < 1.29 is 9.53 Å². The zero-order valence-electron chi connectivity index (χ0n) is 25.0. The summed E-state index contributed by atoms with van der Waals surface area (Å²) in [5.41, 5.74) is 6.40. The van der Waals surface area contributed by atoms with Crippen molar-refractivity contribution >= 4 is 28.1 Å². The number of ketones is 1. The van der Waals surface area contributed by atoms with Gasteiger partial charge in [-0.25, -0.2) is 0 Å². The molecular weight excluding hydrogens is 520 g/mol. The highest BCUT2D eigenvalue weighted by molar-refractivity contribution is 6.29. The van der Waals surface area contributed by atoms with E-state index in [2.05, 4.69) is 57.1 Å². The summed E-state index contributed by atoms with van der Waals surface area (Å²) in [6.45, 7) is 13.1. The van der Waals surface area contributed by atoms with Crippen LogP contribution in [0.2, 0.25) is 0 Å². The molecule has 42 heavy (non-hydrogen) atoms. The molecule has 1 aliphatic carbocycles. The number of hydrogen-bond acceptors (Lipinski definition) is 4. The molecule has 0 aliphatic heterocycles. The molecule has 0 fully saturated rings. The fraction of sp³-hybridized carbons (Fsp3) is 0.243. The summed E-state index contributed by atoms with van der Waals surface area (Å²) in [5, 5.41) is 4.15. The van der Waals surface area contributed by atoms with Crippen LogP contribution >= 0.6 is 0 Å². The fourth-order valence-corrected chi connectivity index (χ4v) is 6.53. The number of aromatic amines is 1. The quantitative estimate of drug-likeness (QED) is 0.214. The molecule has 0 unspecified atom stereocenters. The molecule has 4 aromatic carbocycles. The summed E-state index contributed by atoms with van der Waals surface area (Å²) in [4.78, 5) is 30.3. The van der Waals surface area contributed by atoms with Crippen molar-refractivity contribution in [3.05, 3.63) is 118 Å². The second-order valence-corrected chi connectivity index (χ2v) is 13.1. The van der Waals surface area contributed by atoms with Crippen molar-refractivity contribution in [1.82, 2.24) is 4.98 Å². The first-order chi connectivity index (χ1) is 19.9. The van der Waals surface area contributed by atoms with Gasteiger partial charge < -0.3 is 15.0 Å². The Morgan fingerprint density at radius 3 is 2.10 bits per heavy atom. The number of ether oxygens (including phenoxy) is 1. The van der Waals surface area contributed by atoms with E-state index in [0.717, 1.165) is 23.2 Å². The van der Waals surface area contributed by atoms with Crippen LogP contribution in [0.3, 0.4) is 0 Å². The smallest absolute Gasteiger partial charge is 0.252 e. The summed E-state index contributed by atoms with van der Waals surface area (Å²) >= 11 is 0. The number of nitrogens with one attached hydrogen (secondary N) is 2. The molecule has 0 saturated carbocycles. The van der Waals surface area contributed by atoms with Gasteiger partial charge in [0.05, 0.1) is 16.8 Å². The highest BCUT2D eigenvalue weighted by Gasteiger charge is 2.32. The summed E-state index contributed by atoms with van der Waals surface area (Å²) in [5.74, 6) is 1.03. The van der Waals surface area contributed by atoms with Crippen molar-refractivity contribution in [2.75, 3.05) is 5.32 Å². The molecule has 212 valence electrons. The number of fused-ring (bicyclic) bond motifs is 2. The van der Waals surface area contributed by atoms with E-state index in [-0.39, 0.29) is 22.2 Å². The van der Waals surface area contributed by atoms with Crippen molar-refractivity contribution in [3.63, 3.8) is 0 Å². The number of para-hydroxylation sites is 1. The second-order valence-electron chi connectivity index (χ2n) is 13.1. The zero-order chi connectivity index (χ0) is 29.8. The van der Waals surface area contributed by atoms with Crippen LogP contribution in [0.15, 0.2) is 89.7 Å². The predicted octanol–water partition coefficient (Wildman–Crippen LogP) is 9.30. The van der Waals surface area contributed by atoms with E-state index in [1.54, 1.807) is 6.92 Å². The molecule has 0 atom stereocenters. The van der Waals surface area contributed by atoms with Crippen molar-refractivity contribution in [2.24, 2.45) is 5.41 Å². The third-order valence-corrected chi connectivity index (χ3v) is 8.05. The molecule has 1 aromatic heterocycles. The first-order valence-electron chi connectivity index (χ1n) is 14.4. The molecule has 0 saturated heterocycles. The Morgan fingerprint density at radius 1 is 0.786 bits per heavy atom. The lowest BCUT2D eigenvalue weighted by Gasteiger charge is -2.33. The summed E-state index contributed by atoms with van der Waals surface area (Å²) in [7, 11) is 0. The number of rotatable bonds is 6. The van der Waals surface area contributed by atoms with Crippen molar-refractivity contribution in [2.45, 2.75) is 53.4 Å². The van der Waals surface area contributed by atoms with Gasteiger partial charge in [-0.15, -0.1) is 0 Å². The molecule has 0 spiro atoms. The maximum absolute atomic E-state index is 14.0. The fourth-order valence-electron chi connectivity index (χ4n) is 6.53. The van der Waals surface area contributed by atoms with E-state index >= 15 is 0 Å². The van der Waals surface area contributed by atoms with E-state index in [9.17, 15) is 9.59 Å². The van der Waals surface area contributed by atoms with Crippen molar-refractivity contribution in [1.29, 1.82) is 0 Å². The van der Waals surface area contributed by atoms with Gasteiger partial charge in [0.15, 0.2) is 11.5 Å². The third kappa shape index (κ3) is 4.89. The van der Waals surface area contributed by atoms with Gasteiger partial charge in [-0.05, 0) is 59.6 Å². The van der Waals surface area contributed by atoms with Gasteiger partial charge in [-0.2, -0.15) is 0 Å². The lowest BCUT2D eigenvalue weighted by molar-refractivity contribution is 0.104. The largest absolute Gasteiger partial charge is 0.455 e. The van der Waals surface area contributed by atoms with Crippen LogP contribution in [0.1, 0.15) is 68.1 Å². The number of carbonyl (C=O) groups is 1. The van der Waals surface area contributed by atoms with Gasteiger partial charge in [0.2, 0.25) is 0 Å². The minimum atomic E-state index is -0.208. The summed E-state index contributed by atoms with van der Waals surface area (Å²) in [6, 6.07) is 27.2. The molecule has 1 heterocycles. The molecular formula is C37H36N2O3. The van der Waals surface area contributed by atoms with Gasteiger partial charge >= 0.3 is 0 Å². The van der Waals surface area contributed by atoms with E-state index in [1.165, 1.54) is 5.56 Å². The molecule has 0 amide bonds. The first kappa shape index (κ1) is 27.5. The Bertz CT molecular complexity index is 1890. The number of hydrogen-bond donors (Lipinski definition) is 2. The Balaban J connectivity index is 1.53. The molecule has 1 aliphatic rings. The minimum Gasteiger partial charge on any atom is -0.455 e. The van der Waals surface area contributed by atoms with Crippen LogP contribution in [-0.4, -0.2) is 10.8 Å². The first-order valence-corrected chi connectivity index (χ1v) is 14.4. The average molecular weight is 557 g/mol. The Kier molecular flexibility index (Phi) is 6.57. The predicted molar refractivity (Wildman–Crippen MR) is 172 cm³/mol. The van der Waals surface area contributed by atoms with Crippen LogP contribution in [0.25, 0.3) is 22.0 Å². The van der Waals surface area contributed by atoms with Gasteiger partial charge in [0.1, 0.15) is 5.75 Å². The molecule has 5 nitrogen and oxygen atoms in total. The van der Waals surface area contributed by atoms with E-state index in [1.807, 2.05) is 72.8 Å². The van der Waals surface area contributed by atoms with Crippen LogP contribution in [-0.2, 0) is 5.41 Å². The zero-order valence-corrected chi connectivity index (χ0v) is 25.0. The van der Waals surface area contributed by atoms with Crippen LogP contribution < -0.4 is 15.6 Å². The monoisotopic (exact) mass is 556 g/mol. The lowest BCUT2D eigenvalue weighted by Crippen LogP contribution is -2.24. The van der Waals surface area contributed by atoms with E-state index < -0.39 is 0 Å². The normalized spacial score (nSPS) is 12.8. The van der Waals surface area contributed by atoms with Gasteiger partial charge in [0, 0.05) is 33.8 Å². The molecule has 0 radical (unpaired) electrons. The lowest BCUT2D eigenvalue weighted by atomic mass is 9.72. The van der Waals surface area contributed by atoms with E-state index in [4.69, 9.17) is 4.74 Å². The molecule has 5 heteroatoms. The molecule has 6 rings (SSSR count). The number of anilines is 2. The van der Waals surface area contributed by atoms with Crippen LogP contribution in [0, 0.1) is 12.3 Å². The second kappa shape index (κ2) is 10.0. The van der Waals surface area contributed by atoms with Gasteiger partial charge in [-0.1, -0.05) is 89.2 Å². The SMILES string of the molecule is Cc1c2c3c(c(Nc4ccccc4)cc(Oc4ccc(C(C)(C)CC(C)(C)C)cc4)c3[nH]c1=O)C(=O)c1ccccc1-2. The molecule has 2 N–H and O–H groups in total. The molecule has 5 aromatic rings. The third-order valence-electron chi connectivity index (χ3n) is 8.05. The maximum atomic E-state index is 14.0. The highest BCUT2D eigenvalue weighted by atomic mass is 16.5. The minimum absolute atomic E-state index is 0.000316. The van der Waals surface area contributed by atoms with Crippen LogP contribution in [0.4, 0.5) is 11.4 Å². The number of benzene rings is 4. The average Bonchev–Trinajstić information content (AvgIpc) is 2.94. The number of aromatic nitrogens is 1. The summed E-state index contributed by atoms with van der Waals surface area (Å²) < 4.78 is 6.51. The van der Waals surface area contributed by atoms with E-state index in [0.29, 0.717) is 44.8 Å². The Hall–Kier alpha value is -4.64. The molecule has 0 bridgehead atoms. The topological polar surface area (TPSA) is 71.2 Å². The maximum Gasteiger partial charge on any atom is 0.252 e. The number of pyridine rings is 1. The number of H-pyrrole nitrogens is 1. The standard InChI is InChI=1S/C37H36N2O3/c1-22-30-26-14-10-11-15-27(26)34(40)31-28(38-24-12-8-7-9-13-24)20-29(33(32(30)31)39-35(22)41)42-25-18-16-23(17-19-25)37(5,6)21-36(2,3)4/h7-20,38H,21H2,1-6H3,(H,39,41). The van der Waals surface area contributed by atoms with Crippen molar-refractivity contribution in [3.8, 4) is 22.6 Å².